The van der Waals surface area contributed by atoms with Gasteiger partial charge >= 0.3 is 0 Å². The molecular formula is C15H36N4. The summed E-state index contributed by atoms with van der Waals surface area (Å²) in [6.07, 6.45) is 0. The zero-order chi connectivity index (χ0) is 14.7. The van der Waals surface area contributed by atoms with Gasteiger partial charge in [0.25, 0.3) is 0 Å². The van der Waals surface area contributed by atoms with E-state index in [0.29, 0.717) is 18.1 Å². The maximum absolute atomic E-state index is 3.49. The summed E-state index contributed by atoms with van der Waals surface area (Å²) in [6.45, 7) is 19.8. The Bertz CT molecular complexity index is 159. The first kappa shape index (κ1) is 18.8. The van der Waals surface area contributed by atoms with E-state index in [9.17, 15) is 0 Å². The topological polar surface area (TPSA) is 39.3 Å². The van der Waals surface area contributed by atoms with Gasteiger partial charge in [-0.25, -0.2) is 0 Å². The lowest BCUT2D eigenvalue weighted by atomic mass is 10.3. The van der Waals surface area contributed by atoms with E-state index in [2.05, 4.69) is 62.4 Å². The highest BCUT2D eigenvalue weighted by atomic mass is 15.2. The fourth-order valence-corrected chi connectivity index (χ4v) is 1.87. The third-order valence-corrected chi connectivity index (χ3v) is 2.94. The average molecular weight is 272 g/mol. The second-order valence-corrected chi connectivity index (χ2v) is 6.17. The van der Waals surface area contributed by atoms with Crippen LogP contribution in [0.25, 0.3) is 0 Å². The van der Waals surface area contributed by atoms with E-state index in [0.717, 1.165) is 39.3 Å². The number of hydrogen-bond acceptors (Lipinski definition) is 4. The first-order valence-electron chi connectivity index (χ1n) is 7.84. The molecule has 3 N–H and O–H groups in total. The second-order valence-electron chi connectivity index (χ2n) is 6.17. The highest BCUT2D eigenvalue weighted by molar-refractivity contribution is 4.66. The zero-order valence-electron chi connectivity index (χ0n) is 13.9. The van der Waals surface area contributed by atoms with Gasteiger partial charge in [0.1, 0.15) is 0 Å². The third kappa shape index (κ3) is 14.1. The van der Waals surface area contributed by atoms with Crippen molar-refractivity contribution >= 4 is 0 Å². The minimum atomic E-state index is 0.574. The Morgan fingerprint density at radius 1 is 0.579 bits per heavy atom. The van der Waals surface area contributed by atoms with Gasteiger partial charge in [-0.05, 0) is 0 Å². The third-order valence-electron chi connectivity index (χ3n) is 2.94. The van der Waals surface area contributed by atoms with Crippen LogP contribution in [0.1, 0.15) is 41.5 Å². The van der Waals surface area contributed by atoms with Crippen molar-refractivity contribution in [2.75, 3.05) is 39.3 Å². The van der Waals surface area contributed by atoms with Gasteiger partial charge in [0.2, 0.25) is 0 Å². The molecule has 4 heteroatoms. The monoisotopic (exact) mass is 272 g/mol. The largest absolute Gasteiger partial charge is 0.313 e. The molecule has 0 unspecified atom stereocenters. The van der Waals surface area contributed by atoms with Gasteiger partial charge in [-0.15, -0.1) is 0 Å². The maximum Gasteiger partial charge on any atom is 0.0108 e. The Labute approximate surface area is 120 Å². The number of nitrogens with zero attached hydrogens (tertiary/aromatic N) is 1. The van der Waals surface area contributed by atoms with Gasteiger partial charge in [-0.2, -0.15) is 0 Å². The second kappa shape index (κ2) is 11.6. The van der Waals surface area contributed by atoms with Crippen LogP contribution in [0.3, 0.4) is 0 Å². The minimum Gasteiger partial charge on any atom is -0.313 e. The quantitative estimate of drug-likeness (QED) is 0.500. The van der Waals surface area contributed by atoms with Gasteiger partial charge in [-0.3, -0.25) is 4.90 Å². The summed E-state index contributed by atoms with van der Waals surface area (Å²) in [5.41, 5.74) is 0. The smallest absolute Gasteiger partial charge is 0.0108 e. The molecule has 4 nitrogen and oxygen atoms in total. The molecule has 0 aliphatic heterocycles. The molecule has 19 heavy (non-hydrogen) atoms. The summed E-state index contributed by atoms with van der Waals surface area (Å²) < 4.78 is 0. The molecule has 0 aromatic heterocycles. The molecule has 0 aromatic carbocycles. The van der Waals surface area contributed by atoms with Crippen LogP contribution in [0.4, 0.5) is 0 Å². The summed E-state index contributed by atoms with van der Waals surface area (Å²) in [5, 5.41) is 10.5. The summed E-state index contributed by atoms with van der Waals surface area (Å²) in [6, 6.07) is 1.72. The highest BCUT2D eigenvalue weighted by Gasteiger charge is 2.05. The van der Waals surface area contributed by atoms with E-state index >= 15 is 0 Å². The van der Waals surface area contributed by atoms with E-state index in [1.54, 1.807) is 0 Å². The van der Waals surface area contributed by atoms with E-state index in [1.165, 1.54) is 0 Å². The maximum atomic E-state index is 3.49. The molecule has 0 rings (SSSR count). The molecule has 0 spiro atoms. The Balaban J connectivity index is 3.85. The van der Waals surface area contributed by atoms with E-state index in [1.807, 2.05) is 0 Å². The van der Waals surface area contributed by atoms with Crippen molar-refractivity contribution in [3.05, 3.63) is 0 Å². The van der Waals surface area contributed by atoms with Crippen molar-refractivity contribution in [2.24, 2.45) is 0 Å². The van der Waals surface area contributed by atoms with Crippen LogP contribution in [0.2, 0.25) is 0 Å². The van der Waals surface area contributed by atoms with Crippen LogP contribution in [-0.4, -0.2) is 62.3 Å². The van der Waals surface area contributed by atoms with Crippen LogP contribution in [0.15, 0.2) is 0 Å². The fourth-order valence-electron chi connectivity index (χ4n) is 1.87. The molecule has 0 radical (unpaired) electrons. The van der Waals surface area contributed by atoms with Gasteiger partial charge in [0.15, 0.2) is 0 Å². The SMILES string of the molecule is CC(C)NCCN(CCNC(C)C)CCNC(C)C. The summed E-state index contributed by atoms with van der Waals surface area (Å²) in [5.74, 6) is 0. The molecule has 0 bridgehead atoms. The Hall–Kier alpha value is -0.160. The minimum absolute atomic E-state index is 0.574. The predicted octanol–water partition coefficient (Wildman–Crippen LogP) is 1.28. The van der Waals surface area contributed by atoms with Crippen LogP contribution in [0.5, 0.6) is 0 Å². The lowest BCUT2D eigenvalue weighted by Gasteiger charge is -2.24. The predicted molar refractivity (Wildman–Crippen MR) is 85.9 cm³/mol. The van der Waals surface area contributed by atoms with Crippen LogP contribution in [0, 0.1) is 0 Å². The van der Waals surface area contributed by atoms with E-state index in [-0.39, 0.29) is 0 Å². The Kier molecular flexibility index (Phi) is 11.6. The summed E-state index contributed by atoms with van der Waals surface area (Å²) in [7, 11) is 0. The van der Waals surface area contributed by atoms with Gasteiger partial charge < -0.3 is 16.0 Å². The van der Waals surface area contributed by atoms with E-state index < -0.39 is 0 Å². The molecule has 0 fully saturated rings. The first-order chi connectivity index (χ1) is 8.91. The fraction of sp³-hybridized carbons (Fsp3) is 1.00. The van der Waals surface area contributed by atoms with Crippen molar-refractivity contribution < 1.29 is 0 Å². The average Bonchev–Trinajstić information content (AvgIpc) is 2.26. The molecule has 0 aliphatic rings. The number of nitrogens with one attached hydrogen (secondary N) is 3. The van der Waals surface area contributed by atoms with Crippen molar-refractivity contribution in [3.63, 3.8) is 0 Å². The zero-order valence-corrected chi connectivity index (χ0v) is 13.9. The molecule has 0 heterocycles. The number of rotatable bonds is 12. The highest BCUT2D eigenvalue weighted by Crippen LogP contribution is 1.89. The van der Waals surface area contributed by atoms with Crippen molar-refractivity contribution in [1.82, 2.24) is 20.9 Å². The molecule has 0 aliphatic carbocycles. The standard InChI is InChI=1S/C15H36N4/c1-13(2)16-7-10-19(11-8-17-14(3)4)12-9-18-15(5)6/h13-18H,7-12H2,1-6H3. The van der Waals surface area contributed by atoms with Gasteiger partial charge in [-0.1, -0.05) is 41.5 Å². The lowest BCUT2D eigenvalue weighted by Crippen LogP contribution is -2.43. The first-order valence-corrected chi connectivity index (χ1v) is 7.84. The van der Waals surface area contributed by atoms with Gasteiger partial charge in [0.05, 0.1) is 0 Å². The van der Waals surface area contributed by atoms with Crippen molar-refractivity contribution in [1.29, 1.82) is 0 Å². The molecule has 0 aromatic rings. The normalized spacial score (nSPS) is 12.3. The van der Waals surface area contributed by atoms with Crippen LogP contribution < -0.4 is 16.0 Å². The molecular weight excluding hydrogens is 236 g/mol. The van der Waals surface area contributed by atoms with E-state index in [4.69, 9.17) is 0 Å². The number of hydrogen-bond donors (Lipinski definition) is 3. The molecule has 0 saturated heterocycles. The van der Waals surface area contributed by atoms with Gasteiger partial charge in [0, 0.05) is 57.4 Å². The summed E-state index contributed by atoms with van der Waals surface area (Å²) in [4.78, 5) is 2.53. The summed E-state index contributed by atoms with van der Waals surface area (Å²) >= 11 is 0. The molecule has 0 amide bonds. The van der Waals surface area contributed by atoms with Crippen LogP contribution in [-0.2, 0) is 0 Å². The molecule has 116 valence electrons. The Morgan fingerprint density at radius 2 is 0.842 bits per heavy atom. The Morgan fingerprint density at radius 3 is 1.05 bits per heavy atom. The van der Waals surface area contributed by atoms with Crippen molar-refractivity contribution in [3.8, 4) is 0 Å². The lowest BCUT2D eigenvalue weighted by molar-refractivity contribution is 0.264. The van der Waals surface area contributed by atoms with Crippen LogP contribution >= 0.6 is 0 Å². The molecule has 0 atom stereocenters. The molecule has 0 saturated carbocycles. The van der Waals surface area contributed by atoms with Crippen molar-refractivity contribution in [2.45, 2.75) is 59.7 Å².